The van der Waals surface area contributed by atoms with Crippen LogP contribution in [0.3, 0.4) is 0 Å². The molecule has 2 saturated heterocycles. The van der Waals surface area contributed by atoms with E-state index in [1.54, 1.807) is 0 Å². The minimum Gasteiger partial charge on any atom is -0.394 e. The van der Waals surface area contributed by atoms with Gasteiger partial charge in [-0.25, -0.2) is 0 Å². The highest BCUT2D eigenvalue weighted by Gasteiger charge is 2.45. The Bertz CT molecular complexity index is 757. The van der Waals surface area contributed by atoms with E-state index in [2.05, 4.69) is 10.6 Å². The number of carbonyl (C=O) groups excluding carboxylic acids is 2. The summed E-state index contributed by atoms with van der Waals surface area (Å²) in [5.41, 5.74) is 10.9. The lowest BCUT2D eigenvalue weighted by Gasteiger charge is -2.39. The van der Waals surface area contributed by atoms with Crippen molar-refractivity contribution in [3.63, 3.8) is 0 Å². The molecule has 2 heterocycles. The third-order valence-corrected chi connectivity index (χ3v) is 8.91. The smallest absolute Gasteiger partial charge is 0.235 e. The minimum atomic E-state index is -1.57. The first-order chi connectivity index (χ1) is 19.9. The van der Waals surface area contributed by atoms with Crippen molar-refractivity contribution >= 4 is 33.4 Å². The summed E-state index contributed by atoms with van der Waals surface area (Å²) in [6.07, 6.45) is -14.1. The Balaban J connectivity index is 1.67. The van der Waals surface area contributed by atoms with E-state index >= 15 is 0 Å². The van der Waals surface area contributed by atoms with Crippen LogP contribution in [0.25, 0.3) is 0 Å². The van der Waals surface area contributed by atoms with Gasteiger partial charge in [0.05, 0.1) is 38.5 Å². The molecule has 18 nitrogen and oxygen atoms in total. The Morgan fingerprint density at radius 1 is 0.667 bits per heavy atom. The molecule has 0 radical (unpaired) electrons. The van der Waals surface area contributed by atoms with Crippen LogP contribution in [0.5, 0.6) is 0 Å². The Labute approximate surface area is 249 Å². The quantitative estimate of drug-likeness (QED) is 0.0456. The van der Waals surface area contributed by atoms with Crippen LogP contribution < -0.4 is 22.1 Å². The van der Waals surface area contributed by atoms with Crippen LogP contribution in [0, 0.1) is 0 Å². The maximum absolute atomic E-state index is 11.8. The van der Waals surface area contributed by atoms with Crippen LogP contribution in [0.15, 0.2) is 0 Å². The number of nitrogens with two attached hydrogens (primary N) is 2. The van der Waals surface area contributed by atoms with E-state index in [0.717, 1.165) is 0 Å². The maximum Gasteiger partial charge on any atom is 0.235 e. The lowest BCUT2D eigenvalue weighted by atomic mass is 9.99. The number of aliphatic hydroxyl groups excluding tert-OH is 8. The highest BCUT2D eigenvalue weighted by molar-refractivity contribution is 8.76. The van der Waals surface area contributed by atoms with Gasteiger partial charge >= 0.3 is 0 Å². The fourth-order valence-corrected chi connectivity index (χ4v) is 6.37. The van der Waals surface area contributed by atoms with Crippen molar-refractivity contribution in [2.24, 2.45) is 11.5 Å². The number of hydrogen-bond donors (Lipinski definition) is 12. The van der Waals surface area contributed by atoms with E-state index in [1.807, 2.05) is 0 Å². The summed E-state index contributed by atoms with van der Waals surface area (Å²) in [6, 6.07) is -1.57. The first kappa shape index (κ1) is 37.3. The molecule has 20 heteroatoms. The molecule has 0 bridgehead atoms. The first-order valence-corrected chi connectivity index (χ1v) is 15.6. The molecule has 0 aliphatic carbocycles. The molecule has 2 amide bonds. The molecule has 0 aromatic carbocycles. The minimum absolute atomic E-state index is 0.0663. The molecular weight excluding hydrogens is 608 g/mol. The number of primary amides is 2. The van der Waals surface area contributed by atoms with Crippen LogP contribution in [0.4, 0.5) is 0 Å². The molecule has 2 aliphatic heterocycles. The van der Waals surface area contributed by atoms with Gasteiger partial charge in [0.2, 0.25) is 11.8 Å². The summed E-state index contributed by atoms with van der Waals surface area (Å²) in [4.78, 5) is 23.6. The van der Waals surface area contributed by atoms with Crippen LogP contribution in [0.2, 0.25) is 0 Å². The number of amides is 2. The normalized spacial score (nSPS) is 35.0. The summed E-state index contributed by atoms with van der Waals surface area (Å²) in [5, 5.41) is 83.4. The molecule has 0 unspecified atom stereocenters. The molecule has 42 heavy (non-hydrogen) atoms. The van der Waals surface area contributed by atoms with Gasteiger partial charge in [-0.1, -0.05) is 21.6 Å². The average Bonchev–Trinajstić information content (AvgIpc) is 2.96. The van der Waals surface area contributed by atoms with Crippen molar-refractivity contribution in [3.8, 4) is 0 Å². The van der Waals surface area contributed by atoms with Gasteiger partial charge in [-0.15, -0.1) is 0 Å². The van der Waals surface area contributed by atoms with Gasteiger partial charge < -0.3 is 81.9 Å². The predicted molar refractivity (Wildman–Crippen MR) is 146 cm³/mol. The molecule has 14 N–H and O–H groups in total. The van der Waals surface area contributed by atoms with E-state index in [4.69, 9.17) is 30.4 Å². The average molecular weight is 651 g/mol. The summed E-state index contributed by atoms with van der Waals surface area (Å²) in [5.74, 6) is -0.867. The van der Waals surface area contributed by atoms with E-state index in [1.165, 1.54) is 21.6 Å². The van der Waals surface area contributed by atoms with Gasteiger partial charge in [-0.05, 0) is 0 Å². The third kappa shape index (κ3) is 10.9. The zero-order valence-electron chi connectivity index (χ0n) is 22.6. The summed E-state index contributed by atoms with van der Waals surface area (Å²) in [6.45, 7) is -1.11. The highest BCUT2D eigenvalue weighted by Crippen LogP contribution is 2.24. The van der Waals surface area contributed by atoms with E-state index < -0.39 is 98.5 Å². The van der Waals surface area contributed by atoms with Crippen molar-refractivity contribution < 1.29 is 69.4 Å². The Hall–Kier alpha value is -0.920. The summed E-state index contributed by atoms with van der Waals surface area (Å²) in [7, 11) is 2.49. The number of nitrogens with one attached hydrogen (secondary N) is 2. The SMILES string of the molecule is NC(=O)[C@H](CSSC[C@H](NCCO[C@H]1O[C@H](CO)[C@@H](O)[C@H](O)[C@@H]1O)C(N)=O)NCCO[C@H]1O[C@H](CO)[C@@H](O)[C@H](O)[C@@H]1O. The van der Waals surface area contributed by atoms with Crippen molar-refractivity contribution in [1.29, 1.82) is 0 Å². The van der Waals surface area contributed by atoms with Crippen molar-refractivity contribution in [2.45, 2.75) is 73.5 Å². The molecule has 0 saturated carbocycles. The maximum atomic E-state index is 11.8. The lowest BCUT2D eigenvalue weighted by Crippen LogP contribution is -2.59. The number of rotatable bonds is 19. The van der Waals surface area contributed by atoms with Crippen LogP contribution in [-0.4, -0.2) is 177 Å². The highest BCUT2D eigenvalue weighted by atomic mass is 33.1. The number of carbonyl (C=O) groups is 2. The first-order valence-electron chi connectivity index (χ1n) is 13.1. The van der Waals surface area contributed by atoms with Gasteiger partial charge in [-0.2, -0.15) is 0 Å². The predicted octanol–water partition coefficient (Wildman–Crippen LogP) is -7.11. The largest absolute Gasteiger partial charge is 0.394 e. The topological polar surface area (TPSA) is 309 Å². The molecule has 246 valence electrons. The zero-order valence-corrected chi connectivity index (χ0v) is 24.2. The van der Waals surface area contributed by atoms with E-state index in [0.29, 0.717) is 0 Å². The van der Waals surface area contributed by atoms with E-state index in [9.17, 15) is 50.4 Å². The summed E-state index contributed by atoms with van der Waals surface area (Å²) >= 11 is 0. The fraction of sp³-hybridized carbons (Fsp3) is 0.909. The van der Waals surface area contributed by atoms with Crippen LogP contribution in [-0.2, 0) is 28.5 Å². The molecule has 0 aromatic heterocycles. The standard InChI is InChI=1S/C22H42N4O14S2/c23-19(35)9(25-1-3-37-21-17(33)15(31)13(29)11(5-27)39-21)7-41-42-8-10(20(24)36)26-2-4-38-22-18(34)16(32)14(30)12(6-28)40-22/h9-18,21-22,25-34H,1-8H2,(H2,23,35)(H2,24,36)/t9-,10-,11+,12+,13+,14+,15-,16-,17-,18-,21-,22-/m0/s1. The van der Waals surface area contributed by atoms with Gasteiger partial charge in [0, 0.05) is 24.6 Å². The van der Waals surface area contributed by atoms with E-state index in [-0.39, 0.29) is 37.8 Å². The van der Waals surface area contributed by atoms with Crippen LogP contribution in [0.1, 0.15) is 0 Å². The Morgan fingerprint density at radius 2 is 1.02 bits per heavy atom. The number of aliphatic hydroxyl groups is 8. The Morgan fingerprint density at radius 3 is 1.33 bits per heavy atom. The molecular formula is C22H42N4O14S2. The van der Waals surface area contributed by atoms with Gasteiger partial charge in [-0.3, -0.25) is 9.59 Å². The molecule has 2 aliphatic rings. The molecule has 0 spiro atoms. The Kier molecular flexibility index (Phi) is 16.7. The zero-order chi connectivity index (χ0) is 31.4. The van der Waals surface area contributed by atoms with Crippen molar-refractivity contribution in [2.75, 3.05) is 51.0 Å². The van der Waals surface area contributed by atoms with Crippen molar-refractivity contribution in [1.82, 2.24) is 10.6 Å². The second-order valence-electron chi connectivity index (χ2n) is 9.52. The second-order valence-corrected chi connectivity index (χ2v) is 12.1. The second kappa shape index (κ2) is 18.8. The van der Waals surface area contributed by atoms with Gasteiger partial charge in [0.25, 0.3) is 0 Å². The monoisotopic (exact) mass is 650 g/mol. The molecule has 2 rings (SSSR count). The third-order valence-electron chi connectivity index (χ3n) is 6.49. The fourth-order valence-electron chi connectivity index (χ4n) is 3.94. The van der Waals surface area contributed by atoms with Gasteiger partial charge in [0.15, 0.2) is 12.6 Å². The molecule has 0 aromatic rings. The van der Waals surface area contributed by atoms with Crippen LogP contribution >= 0.6 is 21.6 Å². The number of ether oxygens (including phenoxy) is 4. The number of hydrogen-bond acceptors (Lipinski definition) is 18. The van der Waals surface area contributed by atoms with Gasteiger partial charge in [0.1, 0.15) is 48.8 Å². The van der Waals surface area contributed by atoms with Crippen molar-refractivity contribution in [3.05, 3.63) is 0 Å². The molecule has 12 atom stereocenters. The lowest BCUT2D eigenvalue weighted by molar-refractivity contribution is -0.300. The summed E-state index contributed by atoms with van der Waals surface area (Å²) < 4.78 is 21.2. The molecule has 2 fully saturated rings.